The van der Waals surface area contributed by atoms with E-state index < -0.39 is 0 Å². The van der Waals surface area contributed by atoms with Crippen LogP contribution in [-0.2, 0) is 6.54 Å². The summed E-state index contributed by atoms with van der Waals surface area (Å²) in [7, 11) is 0. The van der Waals surface area contributed by atoms with Crippen molar-refractivity contribution in [3.63, 3.8) is 0 Å². The van der Waals surface area contributed by atoms with Gasteiger partial charge in [-0.15, -0.1) is 0 Å². The fourth-order valence-corrected chi connectivity index (χ4v) is 4.56. The second-order valence-electron chi connectivity index (χ2n) is 7.96. The molecule has 134 valence electrons. The van der Waals surface area contributed by atoms with Gasteiger partial charge in [0.15, 0.2) is 0 Å². The average Bonchev–Trinajstić information content (AvgIpc) is 3.07. The zero-order chi connectivity index (χ0) is 17.4. The van der Waals surface area contributed by atoms with Gasteiger partial charge in [0.25, 0.3) is 0 Å². The molecule has 0 bridgehead atoms. The maximum atomic E-state index is 4.47. The van der Waals surface area contributed by atoms with Crippen molar-refractivity contribution in [2.75, 3.05) is 19.6 Å². The zero-order valence-electron chi connectivity index (χ0n) is 15.8. The van der Waals surface area contributed by atoms with Crippen molar-refractivity contribution >= 4 is 0 Å². The standard InChI is InChI=1S/C21H30N4/c1-16-11-17(2)20(21(12-16)25-10-6-8-22-25)15-23-13-19(14-23)24-9-5-4-7-18(24)3/h6,8,10-12,18-19H,4-5,7,9,13-15H2,1-3H3. The molecule has 4 rings (SSSR count). The normalized spacial score (nSPS) is 22.9. The van der Waals surface area contributed by atoms with E-state index in [4.69, 9.17) is 0 Å². The molecule has 2 aliphatic heterocycles. The Morgan fingerprint density at radius 2 is 2.00 bits per heavy atom. The van der Waals surface area contributed by atoms with Crippen molar-refractivity contribution in [3.8, 4) is 5.69 Å². The van der Waals surface area contributed by atoms with Gasteiger partial charge in [-0.3, -0.25) is 9.80 Å². The number of aromatic nitrogens is 2. The quantitative estimate of drug-likeness (QED) is 0.852. The van der Waals surface area contributed by atoms with Crippen LogP contribution >= 0.6 is 0 Å². The predicted molar refractivity (Wildman–Crippen MR) is 102 cm³/mol. The Balaban J connectivity index is 1.47. The van der Waals surface area contributed by atoms with Crippen molar-refractivity contribution in [2.24, 2.45) is 0 Å². The number of likely N-dealkylation sites (tertiary alicyclic amines) is 2. The summed E-state index contributed by atoms with van der Waals surface area (Å²) in [6, 6.07) is 8.08. The topological polar surface area (TPSA) is 24.3 Å². The Hall–Kier alpha value is -1.65. The van der Waals surface area contributed by atoms with Gasteiger partial charge in [-0.25, -0.2) is 4.68 Å². The van der Waals surface area contributed by atoms with Crippen LogP contribution in [-0.4, -0.2) is 51.3 Å². The lowest BCUT2D eigenvalue weighted by atomic mass is 9.96. The second-order valence-corrected chi connectivity index (χ2v) is 7.96. The first-order valence-corrected chi connectivity index (χ1v) is 9.70. The first-order valence-electron chi connectivity index (χ1n) is 9.70. The molecule has 1 unspecified atom stereocenters. The Bertz CT molecular complexity index is 716. The van der Waals surface area contributed by atoms with Crippen molar-refractivity contribution in [1.82, 2.24) is 19.6 Å². The molecule has 0 saturated carbocycles. The molecule has 1 aromatic carbocycles. The molecule has 0 spiro atoms. The fourth-order valence-electron chi connectivity index (χ4n) is 4.56. The number of nitrogens with zero attached hydrogens (tertiary/aromatic N) is 4. The van der Waals surface area contributed by atoms with Gasteiger partial charge in [-0.2, -0.15) is 5.10 Å². The van der Waals surface area contributed by atoms with E-state index in [0.29, 0.717) is 0 Å². The number of rotatable bonds is 4. The lowest BCUT2D eigenvalue weighted by Gasteiger charge is -2.49. The average molecular weight is 338 g/mol. The van der Waals surface area contributed by atoms with Crippen molar-refractivity contribution in [2.45, 2.75) is 58.7 Å². The lowest BCUT2D eigenvalue weighted by Crippen LogP contribution is -2.61. The number of benzene rings is 1. The minimum absolute atomic E-state index is 0.759. The highest BCUT2D eigenvalue weighted by Crippen LogP contribution is 2.28. The van der Waals surface area contributed by atoms with Crippen LogP contribution < -0.4 is 0 Å². The molecule has 3 heterocycles. The van der Waals surface area contributed by atoms with Crippen LogP contribution in [0.4, 0.5) is 0 Å². The van der Waals surface area contributed by atoms with E-state index in [9.17, 15) is 0 Å². The first kappa shape index (κ1) is 16.8. The highest BCUT2D eigenvalue weighted by molar-refractivity contribution is 5.48. The van der Waals surface area contributed by atoms with Crippen LogP contribution in [0.2, 0.25) is 0 Å². The van der Waals surface area contributed by atoms with Gasteiger partial charge < -0.3 is 0 Å². The summed E-state index contributed by atoms with van der Waals surface area (Å²) in [5.74, 6) is 0. The van der Waals surface area contributed by atoms with Gasteiger partial charge in [0.2, 0.25) is 0 Å². The van der Waals surface area contributed by atoms with Gasteiger partial charge in [0, 0.05) is 44.1 Å². The minimum atomic E-state index is 0.759. The molecular weight excluding hydrogens is 308 g/mol. The molecule has 2 aromatic rings. The third-order valence-corrected chi connectivity index (χ3v) is 5.99. The zero-order valence-corrected chi connectivity index (χ0v) is 15.8. The molecule has 4 heteroatoms. The van der Waals surface area contributed by atoms with E-state index in [2.05, 4.69) is 47.8 Å². The van der Waals surface area contributed by atoms with E-state index in [-0.39, 0.29) is 0 Å². The van der Waals surface area contributed by atoms with Crippen molar-refractivity contribution < 1.29 is 0 Å². The van der Waals surface area contributed by atoms with Crippen LogP contribution in [0.15, 0.2) is 30.6 Å². The molecule has 0 N–H and O–H groups in total. The summed E-state index contributed by atoms with van der Waals surface area (Å²) in [4.78, 5) is 5.34. The molecule has 1 atom stereocenters. The Labute approximate surface area is 151 Å². The summed E-state index contributed by atoms with van der Waals surface area (Å²) < 4.78 is 2.01. The monoisotopic (exact) mass is 338 g/mol. The van der Waals surface area contributed by atoms with Crippen LogP contribution in [0.3, 0.4) is 0 Å². The maximum Gasteiger partial charge on any atom is 0.0695 e. The molecule has 0 aliphatic carbocycles. The smallest absolute Gasteiger partial charge is 0.0695 e. The van der Waals surface area contributed by atoms with Gasteiger partial charge in [0.1, 0.15) is 0 Å². The van der Waals surface area contributed by atoms with Gasteiger partial charge >= 0.3 is 0 Å². The molecule has 1 aromatic heterocycles. The summed E-state index contributed by atoms with van der Waals surface area (Å²) >= 11 is 0. The molecule has 0 radical (unpaired) electrons. The molecule has 0 amide bonds. The van der Waals surface area contributed by atoms with Crippen molar-refractivity contribution in [1.29, 1.82) is 0 Å². The van der Waals surface area contributed by atoms with Crippen LogP contribution in [0.1, 0.15) is 42.9 Å². The van der Waals surface area contributed by atoms with E-state index in [1.165, 1.54) is 61.3 Å². The Morgan fingerprint density at radius 1 is 1.16 bits per heavy atom. The molecule has 2 fully saturated rings. The third kappa shape index (κ3) is 3.38. The molecule has 2 saturated heterocycles. The molecule has 2 aliphatic rings. The number of aryl methyl sites for hydroxylation is 2. The largest absolute Gasteiger partial charge is 0.296 e. The molecule has 25 heavy (non-hydrogen) atoms. The van der Waals surface area contributed by atoms with Crippen molar-refractivity contribution in [3.05, 3.63) is 47.3 Å². The SMILES string of the molecule is Cc1cc(C)c(CN2CC(N3CCCCC3C)C2)c(-n2cccn2)c1. The lowest BCUT2D eigenvalue weighted by molar-refractivity contribution is -0.00629. The number of hydrogen-bond donors (Lipinski definition) is 0. The highest BCUT2D eigenvalue weighted by Gasteiger charge is 2.35. The Kier molecular flexibility index (Phi) is 4.65. The maximum absolute atomic E-state index is 4.47. The van der Waals surface area contributed by atoms with E-state index >= 15 is 0 Å². The van der Waals surface area contributed by atoms with E-state index in [1.807, 2.05) is 23.1 Å². The third-order valence-electron chi connectivity index (χ3n) is 5.99. The van der Waals surface area contributed by atoms with E-state index in [1.54, 1.807) is 0 Å². The summed E-state index contributed by atoms with van der Waals surface area (Å²) in [6.07, 6.45) is 8.06. The summed E-state index contributed by atoms with van der Waals surface area (Å²) in [5.41, 5.74) is 5.33. The number of piperidine rings is 1. The van der Waals surface area contributed by atoms with Gasteiger partial charge in [-0.05, 0) is 69.0 Å². The highest BCUT2D eigenvalue weighted by atomic mass is 15.3. The first-order chi connectivity index (χ1) is 12.1. The van der Waals surface area contributed by atoms with Gasteiger partial charge in [-0.1, -0.05) is 12.5 Å². The molecular formula is C21H30N4. The predicted octanol–water partition coefficient (Wildman–Crippen LogP) is 3.55. The second kappa shape index (κ2) is 6.93. The van der Waals surface area contributed by atoms with Crippen LogP contribution in [0, 0.1) is 13.8 Å². The Morgan fingerprint density at radius 3 is 2.72 bits per heavy atom. The minimum Gasteiger partial charge on any atom is -0.296 e. The van der Waals surface area contributed by atoms with Gasteiger partial charge in [0.05, 0.1) is 5.69 Å². The fraction of sp³-hybridized carbons (Fsp3) is 0.571. The molecule has 4 nitrogen and oxygen atoms in total. The van der Waals surface area contributed by atoms with Crippen LogP contribution in [0.25, 0.3) is 5.69 Å². The summed E-state index contributed by atoms with van der Waals surface area (Å²) in [6.45, 7) is 11.5. The summed E-state index contributed by atoms with van der Waals surface area (Å²) in [5, 5.41) is 4.47. The van der Waals surface area contributed by atoms with Crippen LogP contribution in [0.5, 0.6) is 0 Å². The number of hydrogen-bond acceptors (Lipinski definition) is 3. The van der Waals surface area contributed by atoms with E-state index in [0.717, 1.165) is 18.6 Å².